The van der Waals surface area contributed by atoms with Crippen LogP contribution in [0.1, 0.15) is 25.3 Å². The van der Waals surface area contributed by atoms with Crippen LogP contribution in [0.15, 0.2) is 35.3 Å². The molecule has 1 aromatic carbocycles. The molecule has 0 heterocycles. The summed E-state index contributed by atoms with van der Waals surface area (Å²) in [5.74, 6) is 0. The van der Waals surface area contributed by atoms with Crippen molar-refractivity contribution in [2.24, 2.45) is 4.99 Å². The lowest BCUT2D eigenvalue weighted by atomic mass is 10.2. The number of nitrogens with zero attached hydrogens (tertiary/aromatic N) is 1. The Hall–Kier alpha value is -1.15. The molecule has 0 saturated heterocycles. The van der Waals surface area contributed by atoms with Crippen LogP contribution in [-0.4, -0.2) is 26.0 Å². The van der Waals surface area contributed by atoms with Gasteiger partial charge in [0.15, 0.2) is 0 Å². The first-order valence-electron chi connectivity index (χ1n) is 5.56. The number of aliphatic imine (C=N–C) groups is 1. The second-order valence-corrected chi connectivity index (χ2v) is 3.35. The summed E-state index contributed by atoms with van der Waals surface area (Å²) in [6.07, 6.45) is 4.13. The second-order valence-electron chi connectivity index (χ2n) is 3.35. The Labute approximate surface area is 92.0 Å². The predicted octanol–water partition coefficient (Wildman–Crippen LogP) is 2.92. The van der Waals surface area contributed by atoms with Gasteiger partial charge in [0.1, 0.15) is 0 Å². The molecule has 0 unspecified atom stereocenters. The quantitative estimate of drug-likeness (QED) is 0.495. The standard InChI is InChI=1S/C13H19NO/c1-2-15-11-7-6-10-14-12-13-8-4-3-5-9-13/h3-5,8-9,12H,2,6-7,10-11H2,1H3. The largest absolute Gasteiger partial charge is 0.382 e. The molecule has 82 valence electrons. The fourth-order valence-corrected chi connectivity index (χ4v) is 1.26. The Bertz CT molecular complexity index is 269. The molecular weight excluding hydrogens is 186 g/mol. The zero-order valence-corrected chi connectivity index (χ0v) is 9.36. The third-order valence-corrected chi connectivity index (χ3v) is 2.07. The van der Waals surface area contributed by atoms with Gasteiger partial charge in [0.2, 0.25) is 0 Å². The summed E-state index contributed by atoms with van der Waals surface area (Å²) >= 11 is 0. The molecule has 15 heavy (non-hydrogen) atoms. The molecule has 0 radical (unpaired) electrons. The molecule has 0 spiro atoms. The smallest absolute Gasteiger partial charge is 0.0466 e. The maximum Gasteiger partial charge on any atom is 0.0466 e. The minimum absolute atomic E-state index is 0.813. The van der Waals surface area contributed by atoms with Crippen molar-refractivity contribution in [2.75, 3.05) is 19.8 Å². The summed E-state index contributed by atoms with van der Waals surface area (Å²) in [6, 6.07) is 10.2. The van der Waals surface area contributed by atoms with Crippen molar-refractivity contribution < 1.29 is 4.74 Å². The first kappa shape index (κ1) is 11.9. The van der Waals surface area contributed by atoms with Crippen LogP contribution in [0.4, 0.5) is 0 Å². The van der Waals surface area contributed by atoms with Crippen molar-refractivity contribution in [3.63, 3.8) is 0 Å². The van der Waals surface area contributed by atoms with Gasteiger partial charge in [0.25, 0.3) is 0 Å². The van der Waals surface area contributed by atoms with E-state index in [1.165, 1.54) is 5.56 Å². The van der Waals surface area contributed by atoms with Gasteiger partial charge in [-0.2, -0.15) is 0 Å². The normalized spacial score (nSPS) is 11.0. The molecule has 2 nitrogen and oxygen atoms in total. The van der Waals surface area contributed by atoms with E-state index < -0.39 is 0 Å². The lowest BCUT2D eigenvalue weighted by Gasteiger charge is -1.98. The number of ether oxygens (including phenoxy) is 1. The summed E-state index contributed by atoms with van der Waals surface area (Å²) in [5, 5.41) is 0. The molecule has 0 N–H and O–H groups in total. The van der Waals surface area contributed by atoms with Crippen LogP contribution in [0, 0.1) is 0 Å². The SMILES string of the molecule is CCOCCCCN=Cc1ccccc1. The molecule has 0 saturated carbocycles. The van der Waals surface area contributed by atoms with Gasteiger partial charge in [0.05, 0.1) is 0 Å². The van der Waals surface area contributed by atoms with Crippen molar-refractivity contribution in [3.8, 4) is 0 Å². The predicted molar refractivity (Wildman–Crippen MR) is 64.6 cm³/mol. The molecule has 0 atom stereocenters. The van der Waals surface area contributed by atoms with E-state index in [9.17, 15) is 0 Å². The van der Waals surface area contributed by atoms with Crippen LogP contribution in [0.2, 0.25) is 0 Å². The highest BCUT2D eigenvalue weighted by molar-refractivity contribution is 5.79. The lowest BCUT2D eigenvalue weighted by Crippen LogP contribution is -1.94. The molecule has 0 aliphatic carbocycles. The van der Waals surface area contributed by atoms with E-state index in [2.05, 4.69) is 17.1 Å². The number of unbranched alkanes of at least 4 members (excludes halogenated alkanes) is 1. The van der Waals surface area contributed by atoms with E-state index in [1.807, 2.05) is 31.3 Å². The van der Waals surface area contributed by atoms with Gasteiger partial charge in [-0.25, -0.2) is 0 Å². The molecule has 2 heteroatoms. The number of hydrogen-bond donors (Lipinski definition) is 0. The summed E-state index contributed by atoms with van der Waals surface area (Å²) in [7, 11) is 0. The second kappa shape index (κ2) is 8.18. The molecule has 0 aromatic heterocycles. The van der Waals surface area contributed by atoms with Crippen molar-refractivity contribution in [2.45, 2.75) is 19.8 Å². The van der Waals surface area contributed by atoms with Crippen LogP contribution < -0.4 is 0 Å². The summed E-state index contributed by atoms with van der Waals surface area (Å²) < 4.78 is 5.25. The first-order valence-corrected chi connectivity index (χ1v) is 5.56. The molecule has 1 rings (SSSR count). The highest BCUT2D eigenvalue weighted by atomic mass is 16.5. The lowest BCUT2D eigenvalue weighted by molar-refractivity contribution is 0.144. The topological polar surface area (TPSA) is 21.6 Å². The number of hydrogen-bond acceptors (Lipinski definition) is 2. The van der Waals surface area contributed by atoms with Crippen LogP contribution in [0.25, 0.3) is 0 Å². The summed E-state index contributed by atoms with van der Waals surface area (Å²) in [4.78, 5) is 4.36. The monoisotopic (exact) mass is 205 g/mol. The average molecular weight is 205 g/mol. The molecular formula is C13H19NO. The van der Waals surface area contributed by atoms with E-state index >= 15 is 0 Å². The van der Waals surface area contributed by atoms with Gasteiger partial charge in [-0.05, 0) is 25.3 Å². The van der Waals surface area contributed by atoms with Crippen molar-refractivity contribution in [1.29, 1.82) is 0 Å². The fraction of sp³-hybridized carbons (Fsp3) is 0.462. The highest BCUT2D eigenvalue weighted by Crippen LogP contribution is 1.95. The maximum atomic E-state index is 5.25. The maximum absolute atomic E-state index is 5.25. The molecule has 1 aromatic rings. The van der Waals surface area contributed by atoms with Crippen molar-refractivity contribution in [3.05, 3.63) is 35.9 Å². The Morgan fingerprint density at radius 3 is 2.73 bits per heavy atom. The highest BCUT2D eigenvalue weighted by Gasteiger charge is 1.87. The summed E-state index contributed by atoms with van der Waals surface area (Å²) in [5.41, 5.74) is 1.17. The van der Waals surface area contributed by atoms with Gasteiger partial charge in [0, 0.05) is 26.0 Å². The fourth-order valence-electron chi connectivity index (χ4n) is 1.26. The van der Waals surface area contributed by atoms with Gasteiger partial charge in [-0.15, -0.1) is 0 Å². The molecule has 0 amide bonds. The van der Waals surface area contributed by atoms with Crippen LogP contribution in [0.3, 0.4) is 0 Å². The van der Waals surface area contributed by atoms with Gasteiger partial charge in [-0.1, -0.05) is 30.3 Å². The third kappa shape index (κ3) is 6.02. The van der Waals surface area contributed by atoms with E-state index in [-0.39, 0.29) is 0 Å². The van der Waals surface area contributed by atoms with Crippen LogP contribution >= 0.6 is 0 Å². The molecule has 0 aliphatic rings. The van der Waals surface area contributed by atoms with Gasteiger partial charge in [-0.3, -0.25) is 4.99 Å². The Kier molecular flexibility index (Phi) is 6.50. The minimum Gasteiger partial charge on any atom is -0.382 e. The Balaban J connectivity index is 2.07. The van der Waals surface area contributed by atoms with Crippen LogP contribution in [0.5, 0.6) is 0 Å². The van der Waals surface area contributed by atoms with E-state index in [4.69, 9.17) is 4.74 Å². The molecule has 0 aliphatic heterocycles. The first-order chi connectivity index (χ1) is 7.43. The summed E-state index contributed by atoms with van der Waals surface area (Å²) in [6.45, 7) is 4.58. The van der Waals surface area contributed by atoms with E-state index in [1.54, 1.807) is 0 Å². The van der Waals surface area contributed by atoms with Crippen LogP contribution in [-0.2, 0) is 4.74 Å². The Morgan fingerprint density at radius 1 is 1.20 bits per heavy atom. The average Bonchev–Trinajstić information content (AvgIpc) is 2.29. The number of benzene rings is 1. The zero-order valence-electron chi connectivity index (χ0n) is 9.36. The number of rotatable bonds is 7. The van der Waals surface area contributed by atoms with Crippen molar-refractivity contribution >= 4 is 6.21 Å². The molecule has 0 fully saturated rings. The van der Waals surface area contributed by atoms with Gasteiger partial charge < -0.3 is 4.74 Å². The minimum atomic E-state index is 0.813. The van der Waals surface area contributed by atoms with E-state index in [0.717, 1.165) is 32.6 Å². The Morgan fingerprint density at radius 2 is 2.00 bits per heavy atom. The van der Waals surface area contributed by atoms with Crippen molar-refractivity contribution in [1.82, 2.24) is 0 Å². The molecule has 0 bridgehead atoms. The van der Waals surface area contributed by atoms with E-state index in [0.29, 0.717) is 0 Å². The third-order valence-electron chi connectivity index (χ3n) is 2.07. The van der Waals surface area contributed by atoms with Gasteiger partial charge >= 0.3 is 0 Å². The zero-order chi connectivity index (χ0) is 10.8.